The summed E-state index contributed by atoms with van der Waals surface area (Å²) in [5, 5.41) is 0.814. The van der Waals surface area contributed by atoms with E-state index in [0.29, 0.717) is 27.9 Å². The quantitative estimate of drug-likeness (QED) is 0.527. The molecule has 0 fully saturated rings. The Bertz CT molecular complexity index is 1010. The lowest BCUT2D eigenvalue weighted by molar-refractivity contribution is 0.0595. The highest BCUT2D eigenvalue weighted by molar-refractivity contribution is 6.02. The third-order valence-corrected chi connectivity index (χ3v) is 4.05. The fraction of sp³-hybridized carbons (Fsp3) is 0.150. The minimum absolute atomic E-state index is 0.136. The Morgan fingerprint density at radius 1 is 1.12 bits per heavy atom. The Labute approximate surface area is 144 Å². The molecule has 0 saturated carbocycles. The second kappa shape index (κ2) is 6.43. The third kappa shape index (κ3) is 3.01. The van der Waals surface area contributed by atoms with Crippen molar-refractivity contribution in [2.24, 2.45) is 0 Å². The van der Waals surface area contributed by atoms with E-state index in [1.165, 1.54) is 20.1 Å². The summed E-state index contributed by atoms with van der Waals surface area (Å²) < 4.78 is 19.0. The fourth-order valence-electron chi connectivity index (χ4n) is 2.78. The number of carbonyl (C=O) groups is 2. The number of hydrogen-bond donors (Lipinski definition) is 0. The van der Waals surface area contributed by atoms with Gasteiger partial charge < -0.3 is 4.74 Å². The van der Waals surface area contributed by atoms with E-state index < -0.39 is 11.8 Å². The SMILES string of the molecule is COC(=O)c1cc(-c2cc(C(C)=O)nc3ccccc23)cc(C)c1F. The van der Waals surface area contributed by atoms with Gasteiger partial charge in [-0.1, -0.05) is 18.2 Å². The number of Topliss-reactive ketones (excluding diaryl/α,β-unsaturated/α-hetero) is 1. The van der Waals surface area contributed by atoms with Crippen LogP contribution in [0.4, 0.5) is 4.39 Å². The van der Waals surface area contributed by atoms with Crippen LogP contribution in [0, 0.1) is 12.7 Å². The summed E-state index contributed by atoms with van der Waals surface area (Å²) in [5.74, 6) is -1.52. The van der Waals surface area contributed by atoms with Crippen molar-refractivity contribution in [3.63, 3.8) is 0 Å². The highest BCUT2D eigenvalue weighted by Gasteiger charge is 2.18. The molecule has 0 aliphatic carbocycles. The van der Waals surface area contributed by atoms with Crippen LogP contribution < -0.4 is 0 Å². The van der Waals surface area contributed by atoms with Crippen LogP contribution in [-0.2, 0) is 4.74 Å². The number of carbonyl (C=O) groups excluding carboxylic acids is 2. The summed E-state index contributed by atoms with van der Waals surface area (Å²) in [7, 11) is 1.21. The molecule has 0 atom stereocenters. The van der Waals surface area contributed by atoms with E-state index in [2.05, 4.69) is 9.72 Å². The molecule has 126 valence electrons. The Balaban J connectivity index is 2.34. The number of ketones is 1. The molecule has 0 aliphatic rings. The van der Waals surface area contributed by atoms with Crippen molar-refractivity contribution in [2.75, 3.05) is 7.11 Å². The van der Waals surface area contributed by atoms with E-state index in [1.807, 2.05) is 24.3 Å². The van der Waals surface area contributed by atoms with Gasteiger partial charge in [0.1, 0.15) is 11.5 Å². The van der Waals surface area contributed by atoms with Crippen LogP contribution in [-0.4, -0.2) is 23.8 Å². The maximum absolute atomic E-state index is 14.3. The molecule has 0 amide bonds. The van der Waals surface area contributed by atoms with Crippen LogP contribution >= 0.6 is 0 Å². The predicted octanol–water partition coefficient (Wildman–Crippen LogP) is 4.34. The highest BCUT2D eigenvalue weighted by Crippen LogP contribution is 2.31. The lowest BCUT2D eigenvalue weighted by Crippen LogP contribution is -2.06. The van der Waals surface area contributed by atoms with Gasteiger partial charge >= 0.3 is 5.97 Å². The van der Waals surface area contributed by atoms with Gasteiger partial charge in [0.25, 0.3) is 0 Å². The van der Waals surface area contributed by atoms with Crippen LogP contribution in [0.3, 0.4) is 0 Å². The monoisotopic (exact) mass is 337 g/mol. The van der Waals surface area contributed by atoms with Gasteiger partial charge in [-0.2, -0.15) is 0 Å². The van der Waals surface area contributed by atoms with Gasteiger partial charge in [-0.3, -0.25) is 4.79 Å². The molecule has 0 spiro atoms. The minimum Gasteiger partial charge on any atom is -0.465 e. The molecule has 0 N–H and O–H groups in total. The van der Waals surface area contributed by atoms with E-state index in [1.54, 1.807) is 19.1 Å². The Morgan fingerprint density at radius 3 is 2.52 bits per heavy atom. The number of fused-ring (bicyclic) bond motifs is 1. The maximum Gasteiger partial charge on any atom is 0.340 e. The Hall–Kier alpha value is -3.08. The Morgan fingerprint density at radius 2 is 1.84 bits per heavy atom. The van der Waals surface area contributed by atoms with Crippen molar-refractivity contribution in [1.29, 1.82) is 0 Å². The summed E-state index contributed by atoms with van der Waals surface area (Å²) in [6.45, 7) is 3.03. The molecule has 4 nitrogen and oxygen atoms in total. The number of pyridine rings is 1. The Kier molecular flexibility index (Phi) is 4.31. The smallest absolute Gasteiger partial charge is 0.340 e. The number of para-hydroxylation sites is 1. The van der Waals surface area contributed by atoms with Gasteiger partial charge in [-0.05, 0) is 47.9 Å². The second-order valence-electron chi connectivity index (χ2n) is 5.77. The molecule has 2 aromatic carbocycles. The third-order valence-electron chi connectivity index (χ3n) is 4.05. The topological polar surface area (TPSA) is 56.3 Å². The molecule has 0 saturated heterocycles. The predicted molar refractivity (Wildman–Crippen MR) is 93.2 cm³/mol. The fourth-order valence-corrected chi connectivity index (χ4v) is 2.78. The number of hydrogen-bond acceptors (Lipinski definition) is 4. The van der Waals surface area contributed by atoms with E-state index in [0.717, 1.165) is 5.39 Å². The lowest BCUT2D eigenvalue weighted by atomic mass is 9.95. The first-order valence-corrected chi connectivity index (χ1v) is 7.72. The number of halogens is 1. The summed E-state index contributed by atoms with van der Waals surface area (Å²) in [6.07, 6.45) is 0. The molecule has 5 heteroatoms. The summed E-state index contributed by atoms with van der Waals surface area (Å²) >= 11 is 0. The van der Waals surface area contributed by atoms with Crippen LogP contribution in [0.5, 0.6) is 0 Å². The number of rotatable bonds is 3. The number of methoxy groups -OCH3 is 1. The van der Waals surface area contributed by atoms with Crippen molar-refractivity contribution >= 4 is 22.7 Å². The van der Waals surface area contributed by atoms with Gasteiger partial charge in [0, 0.05) is 12.3 Å². The van der Waals surface area contributed by atoms with Gasteiger partial charge in [0.2, 0.25) is 0 Å². The first kappa shape index (κ1) is 16.8. The zero-order chi connectivity index (χ0) is 18.1. The molecule has 3 rings (SSSR count). The molecule has 1 heterocycles. The first-order chi connectivity index (χ1) is 11.9. The average Bonchev–Trinajstić information content (AvgIpc) is 2.62. The van der Waals surface area contributed by atoms with E-state index in [9.17, 15) is 14.0 Å². The number of aromatic nitrogens is 1. The molecule has 1 aromatic heterocycles. The number of benzene rings is 2. The summed E-state index contributed by atoms with van der Waals surface area (Å²) in [6, 6.07) is 12.1. The molecule has 0 bridgehead atoms. The van der Waals surface area contributed by atoms with Crippen molar-refractivity contribution in [1.82, 2.24) is 4.98 Å². The molecule has 0 radical (unpaired) electrons. The lowest BCUT2D eigenvalue weighted by Gasteiger charge is -2.12. The van der Waals surface area contributed by atoms with Crippen LogP contribution in [0.15, 0.2) is 42.5 Å². The van der Waals surface area contributed by atoms with Gasteiger partial charge in [0.15, 0.2) is 5.78 Å². The van der Waals surface area contributed by atoms with Crippen LogP contribution in [0.2, 0.25) is 0 Å². The van der Waals surface area contributed by atoms with Gasteiger partial charge in [0.05, 0.1) is 18.2 Å². The zero-order valence-corrected chi connectivity index (χ0v) is 14.1. The standard InChI is InChI=1S/C20H16FNO3/c1-11-8-13(9-16(19(11)21)20(24)25-3)15-10-18(12(2)23)22-17-7-5-4-6-14(15)17/h4-10H,1-3H3. The van der Waals surface area contributed by atoms with Gasteiger partial charge in [-0.15, -0.1) is 0 Å². The number of nitrogens with zero attached hydrogens (tertiary/aromatic N) is 1. The summed E-state index contributed by atoms with van der Waals surface area (Å²) in [4.78, 5) is 28.1. The number of aryl methyl sites for hydroxylation is 1. The minimum atomic E-state index is -0.743. The number of esters is 1. The number of ether oxygens (including phenoxy) is 1. The molecule has 25 heavy (non-hydrogen) atoms. The largest absolute Gasteiger partial charge is 0.465 e. The average molecular weight is 337 g/mol. The van der Waals surface area contributed by atoms with E-state index in [-0.39, 0.29) is 11.3 Å². The zero-order valence-electron chi connectivity index (χ0n) is 14.1. The molecular weight excluding hydrogens is 321 g/mol. The molecular formula is C20H16FNO3. The van der Waals surface area contributed by atoms with Gasteiger partial charge in [-0.25, -0.2) is 14.2 Å². The first-order valence-electron chi connectivity index (χ1n) is 7.72. The molecule has 3 aromatic rings. The normalized spacial score (nSPS) is 10.7. The van der Waals surface area contributed by atoms with Crippen molar-refractivity contribution in [3.05, 3.63) is 65.1 Å². The van der Waals surface area contributed by atoms with Crippen molar-refractivity contribution in [2.45, 2.75) is 13.8 Å². The maximum atomic E-state index is 14.3. The van der Waals surface area contributed by atoms with E-state index >= 15 is 0 Å². The molecule has 0 unspecified atom stereocenters. The van der Waals surface area contributed by atoms with E-state index in [4.69, 9.17) is 0 Å². The summed E-state index contributed by atoms with van der Waals surface area (Å²) in [5.41, 5.74) is 2.50. The molecule has 0 aliphatic heterocycles. The van der Waals surface area contributed by atoms with Crippen LogP contribution in [0.25, 0.3) is 22.0 Å². The highest BCUT2D eigenvalue weighted by atomic mass is 19.1. The van der Waals surface area contributed by atoms with Crippen molar-refractivity contribution < 1.29 is 18.7 Å². The second-order valence-corrected chi connectivity index (χ2v) is 5.77. The van der Waals surface area contributed by atoms with Crippen molar-refractivity contribution in [3.8, 4) is 11.1 Å². The van der Waals surface area contributed by atoms with Crippen LogP contribution in [0.1, 0.15) is 33.3 Å².